The summed E-state index contributed by atoms with van der Waals surface area (Å²) in [4.78, 5) is 3.17. The minimum absolute atomic E-state index is 0.230. The fourth-order valence-electron chi connectivity index (χ4n) is 0.801. The van der Waals surface area contributed by atoms with Crippen molar-refractivity contribution in [2.24, 2.45) is 0 Å². The van der Waals surface area contributed by atoms with Crippen LogP contribution >= 0.6 is 46.4 Å². The van der Waals surface area contributed by atoms with Crippen LogP contribution in [0.15, 0.2) is 16.9 Å². The zero-order valence-electron chi connectivity index (χ0n) is 6.97. The first-order valence-electron chi connectivity index (χ1n) is 3.38. The highest BCUT2D eigenvalue weighted by Gasteiger charge is 2.24. The second kappa shape index (κ2) is 4.47. The third-order valence-electron chi connectivity index (χ3n) is 1.46. The lowest BCUT2D eigenvalue weighted by Gasteiger charge is -2.07. The van der Waals surface area contributed by atoms with E-state index in [-0.39, 0.29) is 25.2 Å². The van der Waals surface area contributed by atoms with Gasteiger partial charge >= 0.3 is 0 Å². The van der Waals surface area contributed by atoms with E-state index in [2.05, 4.69) is 11.6 Å². The average Bonchev–Trinajstić information content (AvgIpc) is 2.15. The SMILES string of the molecule is C=CS(=O)(=O)c1c(Cl)c(Cl)nc(Cl)c1Cl. The van der Waals surface area contributed by atoms with E-state index < -0.39 is 9.84 Å². The van der Waals surface area contributed by atoms with Gasteiger partial charge in [-0.05, 0) is 0 Å². The number of nitrogens with zero attached hydrogens (tertiary/aromatic N) is 1. The fourth-order valence-corrected chi connectivity index (χ4v) is 3.14. The Kier molecular flexibility index (Phi) is 3.90. The van der Waals surface area contributed by atoms with E-state index in [4.69, 9.17) is 46.4 Å². The van der Waals surface area contributed by atoms with E-state index in [1.807, 2.05) is 0 Å². The molecule has 8 heteroatoms. The summed E-state index contributed by atoms with van der Waals surface area (Å²) in [7, 11) is -3.81. The first kappa shape index (κ1) is 13.1. The lowest BCUT2D eigenvalue weighted by atomic mass is 10.5. The summed E-state index contributed by atoms with van der Waals surface area (Å²) in [6.45, 7) is 3.14. The average molecular weight is 307 g/mol. The highest BCUT2D eigenvalue weighted by molar-refractivity contribution is 7.94. The number of hydrogen-bond donors (Lipinski definition) is 0. The molecule has 0 aliphatic rings. The summed E-state index contributed by atoms with van der Waals surface area (Å²) in [5, 5.41) is -0.304. The Morgan fingerprint density at radius 2 is 1.47 bits per heavy atom. The van der Waals surface area contributed by atoms with Gasteiger partial charge in [0, 0.05) is 5.41 Å². The van der Waals surface area contributed by atoms with Crippen LogP contribution in [0.3, 0.4) is 0 Å². The topological polar surface area (TPSA) is 47.0 Å². The van der Waals surface area contributed by atoms with Crippen LogP contribution in [0.2, 0.25) is 20.4 Å². The van der Waals surface area contributed by atoms with Crippen molar-refractivity contribution in [2.45, 2.75) is 4.90 Å². The zero-order chi connectivity index (χ0) is 11.8. The molecule has 0 aromatic carbocycles. The first-order valence-corrected chi connectivity index (χ1v) is 6.44. The normalized spacial score (nSPS) is 11.5. The van der Waals surface area contributed by atoms with Gasteiger partial charge in [0.15, 0.2) is 10.3 Å². The number of halogens is 4. The quantitative estimate of drug-likeness (QED) is 0.784. The predicted octanol–water partition coefficient (Wildman–Crippen LogP) is 3.61. The van der Waals surface area contributed by atoms with E-state index in [0.29, 0.717) is 5.41 Å². The molecule has 0 fully saturated rings. The number of pyridine rings is 1. The maximum Gasteiger partial charge on any atom is 0.202 e. The van der Waals surface area contributed by atoms with Crippen LogP contribution in [0, 0.1) is 0 Å². The third kappa shape index (κ3) is 2.40. The minimum Gasteiger partial charge on any atom is -0.221 e. The first-order chi connectivity index (χ1) is 6.81. The van der Waals surface area contributed by atoms with Crippen LogP contribution in [0.1, 0.15) is 0 Å². The second-order valence-electron chi connectivity index (χ2n) is 2.36. The van der Waals surface area contributed by atoms with E-state index in [1.165, 1.54) is 0 Å². The molecule has 1 aromatic rings. The molecular weight excluding hydrogens is 304 g/mol. The summed E-state index contributed by atoms with van der Waals surface area (Å²) in [6, 6.07) is 0. The molecule has 0 atom stereocenters. The van der Waals surface area contributed by atoms with Gasteiger partial charge in [-0.15, -0.1) is 0 Å². The van der Waals surface area contributed by atoms with Gasteiger partial charge in [-0.2, -0.15) is 0 Å². The Balaban J connectivity index is 3.76. The Morgan fingerprint density at radius 1 is 1.07 bits per heavy atom. The van der Waals surface area contributed by atoms with E-state index in [9.17, 15) is 8.42 Å². The van der Waals surface area contributed by atoms with Crippen LogP contribution in [-0.2, 0) is 9.84 Å². The highest BCUT2D eigenvalue weighted by Crippen LogP contribution is 2.38. The van der Waals surface area contributed by atoms with Crippen LogP contribution in [-0.4, -0.2) is 13.4 Å². The van der Waals surface area contributed by atoms with Crippen molar-refractivity contribution >= 4 is 56.2 Å². The number of sulfone groups is 1. The Bertz CT molecular complexity index is 500. The van der Waals surface area contributed by atoms with Crippen LogP contribution in [0.25, 0.3) is 0 Å². The summed E-state index contributed by atoms with van der Waals surface area (Å²) >= 11 is 22.5. The summed E-state index contributed by atoms with van der Waals surface area (Å²) in [5.74, 6) is 0. The van der Waals surface area contributed by atoms with Crippen molar-refractivity contribution in [3.63, 3.8) is 0 Å². The largest absolute Gasteiger partial charge is 0.221 e. The molecule has 0 aliphatic carbocycles. The maximum absolute atomic E-state index is 11.5. The van der Waals surface area contributed by atoms with Gasteiger partial charge in [0.1, 0.15) is 4.90 Å². The summed E-state index contributed by atoms with van der Waals surface area (Å²) in [6.07, 6.45) is 0. The van der Waals surface area contributed by atoms with Gasteiger partial charge in [0.25, 0.3) is 0 Å². The highest BCUT2D eigenvalue weighted by atomic mass is 35.5. The van der Waals surface area contributed by atoms with Crippen molar-refractivity contribution in [3.8, 4) is 0 Å². The molecule has 15 heavy (non-hydrogen) atoms. The van der Waals surface area contributed by atoms with Gasteiger partial charge in [0.2, 0.25) is 9.84 Å². The second-order valence-corrected chi connectivity index (χ2v) is 5.67. The molecule has 1 rings (SSSR count). The molecule has 0 radical (unpaired) electrons. The molecule has 0 saturated heterocycles. The zero-order valence-corrected chi connectivity index (χ0v) is 10.8. The lowest BCUT2D eigenvalue weighted by Crippen LogP contribution is -2.00. The molecule has 3 nitrogen and oxygen atoms in total. The monoisotopic (exact) mass is 305 g/mol. The Hall–Kier alpha value is -0.000000000000000167. The van der Waals surface area contributed by atoms with Gasteiger partial charge < -0.3 is 0 Å². The molecule has 0 saturated carbocycles. The van der Waals surface area contributed by atoms with E-state index in [0.717, 1.165) is 0 Å². The molecule has 0 bridgehead atoms. The molecule has 1 aromatic heterocycles. The van der Waals surface area contributed by atoms with Gasteiger partial charge in [0.05, 0.1) is 10.0 Å². The van der Waals surface area contributed by atoms with Crippen molar-refractivity contribution in [2.75, 3.05) is 0 Å². The summed E-state index contributed by atoms with van der Waals surface area (Å²) in [5.41, 5.74) is 0. The van der Waals surface area contributed by atoms with E-state index >= 15 is 0 Å². The molecule has 0 amide bonds. The van der Waals surface area contributed by atoms with Crippen molar-refractivity contribution in [3.05, 3.63) is 32.3 Å². The smallest absolute Gasteiger partial charge is 0.202 e. The van der Waals surface area contributed by atoms with Crippen molar-refractivity contribution in [1.82, 2.24) is 4.98 Å². The molecule has 82 valence electrons. The standard InChI is InChI=1S/C7H3Cl4NO2S/c1-2-15(13,14)5-3(8)6(10)12-7(11)4(5)9/h2H,1H2. The Labute approximate surface area is 107 Å². The minimum atomic E-state index is -3.81. The number of hydrogen-bond acceptors (Lipinski definition) is 3. The van der Waals surface area contributed by atoms with Crippen LogP contribution < -0.4 is 0 Å². The molecular formula is C7H3Cl4NO2S. The molecule has 1 heterocycles. The number of aromatic nitrogens is 1. The van der Waals surface area contributed by atoms with Gasteiger partial charge in [-0.3, -0.25) is 0 Å². The molecule has 0 unspecified atom stereocenters. The van der Waals surface area contributed by atoms with Crippen LogP contribution in [0.4, 0.5) is 0 Å². The van der Waals surface area contributed by atoms with Gasteiger partial charge in [-0.1, -0.05) is 53.0 Å². The third-order valence-corrected chi connectivity index (χ3v) is 4.58. The van der Waals surface area contributed by atoms with Crippen molar-refractivity contribution in [1.29, 1.82) is 0 Å². The predicted molar refractivity (Wildman–Crippen MR) is 61.7 cm³/mol. The molecule has 0 N–H and O–H groups in total. The Morgan fingerprint density at radius 3 is 1.80 bits per heavy atom. The molecule has 0 aliphatic heterocycles. The maximum atomic E-state index is 11.5. The lowest BCUT2D eigenvalue weighted by molar-refractivity contribution is 0.604. The number of rotatable bonds is 2. The summed E-state index contributed by atoms with van der Waals surface area (Å²) < 4.78 is 23.0. The fraction of sp³-hybridized carbons (Fsp3) is 0. The van der Waals surface area contributed by atoms with Crippen molar-refractivity contribution < 1.29 is 8.42 Å². The van der Waals surface area contributed by atoms with Crippen LogP contribution in [0.5, 0.6) is 0 Å². The van der Waals surface area contributed by atoms with E-state index in [1.54, 1.807) is 0 Å². The van der Waals surface area contributed by atoms with Gasteiger partial charge in [-0.25, -0.2) is 13.4 Å². The molecule has 0 spiro atoms.